The van der Waals surface area contributed by atoms with Crippen LogP contribution in [0.4, 0.5) is 0 Å². The van der Waals surface area contributed by atoms with E-state index in [0.29, 0.717) is 37.9 Å². The van der Waals surface area contributed by atoms with Gasteiger partial charge in [0.25, 0.3) is 0 Å². The number of carbonyl (C=O) groups excluding carboxylic acids is 4. The Bertz CT molecular complexity index is 975. The Morgan fingerprint density at radius 2 is 1.56 bits per heavy atom. The van der Waals surface area contributed by atoms with Crippen LogP contribution >= 0.6 is 0 Å². The van der Waals surface area contributed by atoms with Crippen LogP contribution < -0.4 is 15.4 Å². The van der Waals surface area contributed by atoms with Crippen molar-refractivity contribution < 1.29 is 28.7 Å². The number of unbranched alkanes of at least 4 members (excludes halogenated alkanes) is 1. The molecule has 2 unspecified atom stereocenters. The maximum Gasteiger partial charge on any atom is 0.305 e. The summed E-state index contributed by atoms with van der Waals surface area (Å²) in [7, 11) is 1.32. The number of rotatable bonds is 15. The molecule has 0 aliphatic heterocycles. The molecule has 0 saturated heterocycles. The van der Waals surface area contributed by atoms with Gasteiger partial charge < -0.3 is 24.9 Å². The van der Waals surface area contributed by atoms with E-state index in [1.54, 1.807) is 0 Å². The monoisotopic (exact) mass is 496 g/mol. The molecular weight excluding hydrogens is 460 g/mol. The van der Waals surface area contributed by atoms with E-state index >= 15 is 0 Å². The maximum absolute atomic E-state index is 12.8. The Balaban J connectivity index is 1.84. The molecule has 0 aromatic heterocycles. The highest BCUT2D eigenvalue weighted by atomic mass is 16.5. The first-order valence-electron chi connectivity index (χ1n) is 12.2. The van der Waals surface area contributed by atoms with Gasteiger partial charge in [-0.15, -0.1) is 0 Å². The van der Waals surface area contributed by atoms with Crippen molar-refractivity contribution in [3.63, 3.8) is 0 Å². The smallest absolute Gasteiger partial charge is 0.305 e. The number of hydrogen-bond acceptors (Lipinski definition) is 6. The minimum Gasteiger partial charge on any atom is -0.489 e. The van der Waals surface area contributed by atoms with Crippen LogP contribution in [0, 0.1) is 5.92 Å². The van der Waals surface area contributed by atoms with Gasteiger partial charge in [0.15, 0.2) is 0 Å². The molecule has 0 bridgehead atoms. The molecule has 194 valence electrons. The van der Waals surface area contributed by atoms with Gasteiger partial charge in [0.2, 0.25) is 11.8 Å². The second kappa shape index (κ2) is 15.3. The van der Waals surface area contributed by atoms with Crippen molar-refractivity contribution in [1.82, 2.24) is 10.6 Å². The van der Waals surface area contributed by atoms with Gasteiger partial charge in [-0.1, -0.05) is 56.3 Å². The second-order valence-electron chi connectivity index (χ2n) is 8.95. The van der Waals surface area contributed by atoms with E-state index in [0.717, 1.165) is 11.1 Å². The fraction of sp³-hybridized carbons (Fsp3) is 0.429. The average molecular weight is 497 g/mol. The zero-order valence-electron chi connectivity index (χ0n) is 21.2. The van der Waals surface area contributed by atoms with E-state index in [1.807, 2.05) is 68.4 Å². The Labute approximate surface area is 212 Å². The molecule has 0 spiro atoms. The highest BCUT2D eigenvalue weighted by Gasteiger charge is 2.26. The van der Waals surface area contributed by atoms with Gasteiger partial charge in [-0.3, -0.25) is 14.4 Å². The lowest BCUT2D eigenvalue weighted by atomic mass is 10.0. The van der Waals surface area contributed by atoms with Gasteiger partial charge in [0, 0.05) is 12.8 Å². The van der Waals surface area contributed by atoms with Crippen molar-refractivity contribution in [2.75, 3.05) is 7.11 Å². The van der Waals surface area contributed by atoms with Crippen LogP contribution in [0.2, 0.25) is 0 Å². The van der Waals surface area contributed by atoms with Crippen LogP contribution in [-0.4, -0.2) is 43.3 Å². The molecule has 0 heterocycles. The SMILES string of the molecule is COC(=O)CCCCC(=O)NC(C(=O)NC(C=O)Cc1ccc(OCc2ccccc2)cc1)C(C)C. The summed E-state index contributed by atoms with van der Waals surface area (Å²) in [6, 6.07) is 15.7. The summed E-state index contributed by atoms with van der Waals surface area (Å²) in [6.45, 7) is 4.11. The van der Waals surface area contributed by atoms with Crippen LogP contribution in [0.1, 0.15) is 50.7 Å². The predicted octanol–water partition coefficient (Wildman–Crippen LogP) is 3.37. The number of benzene rings is 2. The minimum atomic E-state index is -0.769. The number of ether oxygens (including phenoxy) is 2. The fourth-order valence-corrected chi connectivity index (χ4v) is 3.56. The number of esters is 1. The summed E-state index contributed by atoms with van der Waals surface area (Å²) in [5, 5.41) is 5.49. The molecule has 2 aromatic carbocycles. The average Bonchev–Trinajstić information content (AvgIpc) is 2.89. The molecular formula is C28H36N2O6. The molecule has 2 atom stereocenters. The number of nitrogens with one attached hydrogen (secondary N) is 2. The summed E-state index contributed by atoms with van der Waals surface area (Å²) >= 11 is 0. The molecule has 2 rings (SSSR count). The molecule has 8 nitrogen and oxygen atoms in total. The largest absolute Gasteiger partial charge is 0.489 e. The fourth-order valence-electron chi connectivity index (χ4n) is 3.56. The normalized spacial score (nSPS) is 12.3. The first-order chi connectivity index (χ1) is 17.3. The van der Waals surface area contributed by atoms with Crippen LogP contribution in [0.25, 0.3) is 0 Å². The Morgan fingerprint density at radius 1 is 0.889 bits per heavy atom. The van der Waals surface area contributed by atoms with E-state index in [4.69, 9.17) is 4.74 Å². The van der Waals surface area contributed by atoms with Gasteiger partial charge >= 0.3 is 5.97 Å². The molecule has 2 aromatic rings. The molecule has 8 heteroatoms. The number of hydrogen-bond donors (Lipinski definition) is 2. The maximum atomic E-state index is 12.8. The standard InChI is InChI=1S/C28H36N2O6/c1-20(2)27(30-25(32)11-7-8-12-26(33)35-3)28(34)29-23(18-31)17-21-13-15-24(16-14-21)36-19-22-9-5-4-6-10-22/h4-6,9-10,13-16,18,20,23,27H,7-8,11-12,17,19H2,1-3H3,(H,29,34)(H,30,32). The summed E-state index contributed by atoms with van der Waals surface area (Å²) < 4.78 is 10.4. The summed E-state index contributed by atoms with van der Waals surface area (Å²) in [5.74, 6) is -0.458. The summed E-state index contributed by atoms with van der Waals surface area (Å²) in [5.41, 5.74) is 1.94. The molecule has 0 saturated carbocycles. The zero-order valence-corrected chi connectivity index (χ0v) is 21.2. The van der Waals surface area contributed by atoms with Crippen LogP contribution in [0.5, 0.6) is 5.75 Å². The third-order valence-electron chi connectivity index (χ3n) is 5.65. The highest BCUT2D eigenvalue weighted by molar-refractivity contribution is 5.89. The third kappa shape index (κ3) is 10.3. The summed E-state index contributed by atoms with van der Waals surface area (Å²) in [6.07, 6.45) is 2.50. The molecule has 0 radical (unpaired) electrons. The number of carbonyl (C=O) groups is 4. The van der Waals surface area contributed by atoms with Gasteiger partial charge in [0.05, 0.1) is 13.2 Å². The molecule has 2 N–H and O–H groups in total. The number of amides is 2. The van der Waals surface area contributed by atoms with Crippen molar-refractivity contribution in [3.05, 3.63) is 65.7 Å². The van der Waals surface area contributed by atoms with Crippen molar-refractivity contribution >= 4 is 24.1 Å². The Hall–Kier alpha value is -3.68. The summed E-state index contributed by atoms with van der Waals surface area (Å²) in [4.78, 5) is 48.0. The molecule has 36 heavy (non-hydrogen) atoms. The van der Waals surface area contributed by atoms with Crippen LogP contribution in [0.15, 0.2) is 54.6 Å². The molecule has 0 fully saturated rings. The number of methoxy groups -OCH3 is 1. The zero-order chi connectivity index (χ0) is 26.3. The lowest BCUT2D eigenvalue weighted by Gasteiger charge is -2.23. The van der Waals surface area contributed by atoms with Gasteiger partial charge in [0.1, 0.15) is 24.7 Å². The predicted molar refractivity (Wildman–Crippen MR) is 136 cm³/mol. The highest BCUT2D eigenvalue weighted by Crippen LogP contribution is 2.15. The number of aldehydes is 1. The van der Waals surface area contributed by atoms with E-state index < -0.39 is 18.0 Å². The van der Waals surface area contributed by atoms with E-state index in [2.05, 4.69) is 15.4 Å². The first kappa shape index (κ1) is 28.6. The topological polar surface area (TPSA) is 111 Å². The van der Waals surface area contributed by atoms with Crippen molar-refractivity contribution in [2.24, 2.45) is 5.92 Å². The Kier molecular flexibility index (Phi) is 12.2. The molecule has 0 aliphatic rings. The van der Waals surface area contributed by atoms with Gasteiger partial charge in [-0.2, -0.15) is 0 Å². The van der Waals surface area contributed by atoms with E-state index in [9.17, 15) is 19.2 Å². The van der Waals surface area contributed by atoms with Crippen molar-refractivity contribution in [3.8, 4) is 5.75 Å². The van der Waals surface area contributed by atoms with E-state index in [-0.39, 0.29) is 30.6 Å². The lowest BCUT2D eigenvalue weighted by molar-refractivity contribution is -0.140. The van der Waals surface area contributed by atoms with Gasteiger partial charge in [-0.05, 0) is 48.4 Å². The molecule has 2 amide bonds. The first-order valence-corrected chi connectivity index (χ1v) is 12.2. The quantitative estimate of drug-likeness (QED) is 0.222. The van der Waals surface area contributed by atoms with Crippen LogP contribution in [0.3, 0.4) is 0 Å². The Morgan fingerprint density at radius 3 is 2.17 bits per heavy atom. The lowest BCUT2D eigenvalue weighted by Crippen LogP contribution is -2.52. The molecule has 0 aliphatic carbocycles. The van der Waals surface area contributed by atoms with Gasteiger partial charge in [-0.25, -0.2) is 0 Å². The van der Waals surface area contributed by atoms with Crippen molar-refractivity contribution in [2.45, 2.75) is 64.6 Å². The minimum absolute atomic E-state index is 0.169. The van der Waals surface area contributed by atoms with Crippen molar-refractivity contribution in [1.29, 1.82) is 0 Å². The third-order valence-corrected chi connectivity index (χ3v) is 5.65. The van der Waals surface area contributed by atoms with E-state index in [1.165, 1.54) is 7.11 Å². The second-order valence-corrected chi connectivity index (χ2v) is 8.95. The van der Waals surface area contributed by atoms with Crippen LogP contribution in [-0.2, 0) is 36.9 Å².